The van der Waals surface area contributed by atoms with Gasteiger partial charge in [0, 0.05) is 35.9 Å². The molecule has 0 bridgehead atoms. The van der Waals surface area contributed by atoms with Crippen LogP contribution in [0.1, 0.15) is 5.69 Å². The molecule has 27 heavy (non-hydrogen) atoms. The van der Waals surface area contributed by atoms with E-state index in [9.17, 15) is 0 Å². The summed E-state index contributed by atoms with van der Waals surface area (Å²) in [6, 6.07) is 20.6. The third-order valence-corrected chi connectivity index (χ3v) is 4.94. The Morgan fingerprint density at radius 1 is 1.00 bits per heavy atom. The van der Waals surface area contributed by atoms with Crippen LogP contribution in [-0.2, 0) is 6.54 Å². The first-order valence-electron chi connectivity index (χ1n) is 9.14. The SMILES string of the molecule is CN(C)CCNCc1ccc2c(-c3ccccc3)nc3cc(Cl)ccc3n12. The lowest BCUT2D eigenvalue weighted by molar-refractivity contribution is 0.399. The molecule has 0 aliphatic carbocycles. The monoisotopic (exact) mass is 378 g/mol. The van der Waals surface area contributed by atoms with Crippen molar-refractivity contribution in [3.8, 4) is 11.3 Å². The van der Waals surface area contributed by atoms with Gasteiger partial charge in [-0.2, -0.15) is 0 Å². The zero-order chi connectivity index (χ0) is 18.8. The van der Waals surface area contributed by atoms with E-state index in [4.69, 9.17) is 16.6 Å². The number of rotatable bonds is 6. The lowest BCUT2D eigenvalue weighted by atomic mass is 10.1. The average Bonchev–Trinajstić information content (AvgIpc) is 3.09. The highest BCUT2D eigenvalue weighted by Gasteiger charge is 2.13. The van der Waals surface area contributed by atoms with Crippen molar-refractivity contribution in [3.63, 3.8) is 0 Å². The fraction of sp³-hybridized carbons (Fsp3) is 0.227. The fourth-order valence-electron chi connectivity index (χ4n) is 3.37. The summed E-state index contributed by atoms with van der Waals surface area (Å²) in [4.78, 5) is 7.11. The standard InChI is InChI=1S/C22H23ClN4/c1-26(2)13-12-24-15-18-9-11-21-22(16-6-4-3-5-7-16)25-19-14-17(23)8-10-20(19)27(18)21/h3-11,14,24H,12-13,15H2,1-2H3. The predicted octanol–water partition coefficient (Wildman–Crippen LogP) is 4.46. The van der Waals surface area contributed by atoms with Crippen molar-refractivity contribution in [1.29, 1.82) is 0 Å². The molecule has 2 heterocycles. The van der Waals surface area contributed by atoms with Gasteiger partial charge in [-0.05, 0) is 44.4 Å². The highest BCUT2D eigenvalue weighted by atomic mass is 35.5. The van der Waals surface area contributed by atoms with Gasteiger partial charge >= 0.3 is 0 Å². The highest BCUT2D eigenvalue weighted by molar-refractivity contribution is 6.31. The van der Waals surface area contributed by atoms with Gasteiger partial charge in [0.15, 0.2) is 0 Å². The molecule has 5 heteroatoms. The zero-order valence-corrected chi connectivity index (χ0v) is 16.4. The minimum atomic E-state index is 0.700. The van der Waals surface area contributed by atoms with Crippen LogP contribution in [0.25, 0.3) is 27.8 Å². The van der Waals surface area contributed by atoms with Crippen molar-refractivity contribution in [2.45, 2.75) is 6.54 Å². The van der Waals surface area contributed by atoms with E-state index in [-0.39, 0.29) is 0 Å². The zero-order valence-electron chi connectivity index (χ0n) is 15.6. The topological polar surface area (TPSA) is 32.6 Å². The van der Waals surface area contributed by atoms with Gasteiger partial charge in [0.1, 0.15) is 0 Å². The van der Waals surface area contributed by atoms with Crippen molar-refractivity contribution >= 4 is 28.2 Å². The van der Waals surface area contributed by atoms with Gasteiger partial charge in [-0.15, -0.1) is 0 Å². The molecular formula is C22H23ClN4. The Kier molecular flexibility index (Phi) is 5.12. The van der Waals surface area contributed by atoms with Crippen LogP contribution in [0.4, 0.5) is 0 Å². The summed E-state index contributed by atoms with van der Waals surface area (Å²) < 4.78 is 2.30. The van der Waals surface area contributed by atoms with E-state index < -0.39 is 0 Å². The molecule has 0 saturated carbocycles. The molecule has 0 saturated heterocycles. The summed E-state index contributed by atoms with van der Waals surface area (Å²) >= 11 is 6.25. The first kappa shape index (κ1) is 18.0. The highest BCUT2D eigenvalue weighted by Crippen LogP contribution is 2.29. The van der Waals surface area contributed by atoms with Gasteiger partial charge < -0.3 is 14.6 Å². The lowest BCUT2D eigenvalue weighted by Gasteiger charge is -2.13. The molecule has 0 fully saturated rings. The summed E-state index contributed by atoms with van der Waals surface area (Å²) in [5, 5.41) is 4.24. The molecule has 4 aromatic rings. The molecular weight excluding hydrogens is 356 g/mol. The number of hydrogen-bond donors (Lipinski definition) is 1. The smallest absolute Gasteiger partial charge is 0.0950 e. The molecule has 4 rings (SSSR count). The van der Waals surface area contributed by atoms with Crippen molar-refractivity contribution in [3.05, 3.63) is 71.4 Å². The van der Waals surface area contributed by atoms with Crippen molar-refractivity contribution in [2.24, 2.45) is 0 Å². The number of likely N-dealkylation sites (N-methyl/N-ethyl adjacent to an activating group) is 1. The second-order valence-corrected chi connectivity index (χ2v) is 7.42. The molecule has 2 aromatic carbocycles. The van der Waals surface area contributed by atoms with E-state index in [0.29, 0.717) is 5.02 Å². The summed E-state index contributed by atoms with van der Waals surface area (Å²) in [5.41, 5.74) is 6.39. The van der Waals surface area contributed by atoms with Crippen molar-refractivity contribution in [1.82, 2.24) is 19.6 Å². The maximum Gasteiger partial charge on any atom is 0.0950 e. The number of halogens is 1. The minimum Gasteiger partial charge on any atom is -0.310 e. The van der Waals surface area contributed by atoms with E-state index in [2.05, 4.69) is 59.0 Å². The Hall–Kier alpha value is -2.40. The van der Waals surface area contributed by atoms with Crippen molar-refractivity contribution in [2.75, 3.05) is 27.2 Å². The van der Waals surface area contributed by atoms with Crippen LogP contribution in [0.2, 0.25) is 5.02 Å². The maximum absolute atomic E-state index is 6.25. The Bertz CT molecular complexity index is 1070. The quantitative estimate of drug-likeness (QED) is 0.503. The van der Waals surface area contributed by atoms with Crippen LogP contribution in [0.5, 0.6) is 0 Å². The first-order chi connectivity index (χ1) is 13.1. The summed E-state index contributed by atoms with van der Waals surface area (Å²) in [7, 11) is 4.17. The van der Waals surface area contributed by atoms with Gasteiger partial charge in [0.2, 0.25) is 0 Å². The number of benzene rings is 2. The van der Waals surface area contributed by atoms with Gasteiger partial charge in [-0.1, -0.05) is 41.9 Å². The van der Waals surface area contributed by atoms with Gasteiger partial charge in [0.05, 0.1) is 22.2 Å². The molecule has 0 aliphatic rings. The molecule has 0 atom stereocenters. The number of fused-ring (bicyclic) bond motifs is 3. The van der Waals surface area contributed by atoms with Gasteiger partial charge in [-0.3, -0.25) is 0 Å². The fourth-order valence-corrected chi connectivity index (χ4v) is 3.53. The van der Waals surface area contributed by atoms with Gasteiger partial charge in [-0.25, -0.2) is 4.98 Å². The van der Waals surface area contributed by atoms with Crippen LogP contribution in [0, 0.1) is 0 Å². The Morgan fingerprint density at radius 3 is 2.56 bits per heavy atom. The first-order valence-corrected chi connectivity index (χ1v) is 9.52. The molecule has 0 unspecified atom stereocenters. The third kappa shape index (κ3) is 3.69. The van der Waals surface area contributed by atoms with Crippen LogP contribution in [-0.4, -0.2) is 41.5 Å². The molecule has 138 valence electrons. The summed E-state index contributed by atoms with van der Waals surface area (Å²) in [6.07, 6.45) is 0. The molecule has 0 radical (unpaired) electrons. The normalized spacial score (nSPS) is 11.7. The maximum atomic E-state index is 6.25. The number of aromatic nitrogens is 2. The Morgan fingerprint density at radius 2 is 1.78 bits per heavy atom. The minimum absolute atomic E-state index is 0.700. The molecule has 1 N–H and O–H groups in total. The molecule has 0 spiro atoms. The van der Waals surface area contributed by atoms with E-state index in [0.717, 1.165) is 47.4 Å². The molecule has 0 aliphatic heterocycles. The average molecular weight is 379 g/mol. The van der Waals surface area contributed by atoms with E-state index >= 15 is 0 Å². The second-order valence-electron chi connectivity index (χ2n) is 6.98. The third-order valence-electron chi connectivity index (χ3n) is 4.70. The number of nitrogens with one attached hydrogen (secondary N) is 1. The molecule has 4 nitrogen and oxygen atoms in total. The van der Waals surface area contributed by atoms with Crippen molar-refractivity contribution < 1.29 is 0 Å². The van der Waals surface area contributed by atoms with Crippen LogP contribution in [0.15, 0.2) is 60.7 Å². The largest absolute Gasteiger partial charge is 0.310 e. The Balaban J connectivity index is 1.84. The second kappa shape index (κ2) is 7.69. The van der Waals surface area contributed by atoms with Gasteiger partial charge in [0.25, 0.3) is 0 Å². The van der Waals surface area contributed by atoms with Crippen LogP contribution < -0.4 is 5.32 Å². The number of hydrogen-bond acceptors (Lipinski definition) is 3. The van der Waals surface area contributed by atoms with E-state index in [1.54, 1.807) is 0 Å². The van der Waals surface area contributed by atoms with E-state index in [1.165, 1.54) is 5.69 Å². The molecule has 2 aromatic heterocycles. The lowest BCUT2D eigenvalue weighted by Crippen LogP contribution is -2.26. The Labute approximate surface area is 164 Å². The van der Waals surface area contributed by atoms with Crippen LogP contribution in [0.3, 0.4) is 0 Å². The summed E-state index contributed by atoms with van der Waals surface area (Å²) in [5.74, 6) is 0. The predicted molar refractivity (Wildman–Crippen MR) is 113 cm³/mol. The number of nitrogens with zero attached hydrogens (tertiary/aromatic N) is 3. The summed E-state index contributed by atoms with van der Waals surface area (Å²) in [6.45, 7) is 2.76. The molecule has 0 amide bonds. The van der Waals surface area contributed by atoms with Crippen LogP contribution >= 0.6 is 11.6 Å². The van der Waals surface area contributed by atoms with E-state index in [1.807, 2.05) is 30.3 Å².